The second-order valence-electron chi connectivity index (χ2n) is 10.1. The maximum absolute atomic E-state index is 12.6. The minimum Gasteiger partial charge on any atom is -0.444 e. The number of piperidine rings is 1. The molecule has 5 amide bonds. The molecule has 186 valence electrons. The highest BCUT2D eigenvalue weighted by molar-refractivity contribution is 5.90. The van der Waals surface area contributed by atoms with Gasteiger partial charge in [-0.3, -0.25) is 25.3 Å². The number of alkyl carbamates (subject to hydrolysis) is 1. The third kappa shape index (κ3) is 6.72. The lowest BCUT2D eigenvalue weighted by molar-refractivity contribution is -0.133. The first-order valence-electron chi connectivity index (χ1n) is 11.9. The standard InChI is InChI=1S/C22H37N5O6/c1-5-6-9-32-27-16-7-8-17(26(13-16)21(27)31)19(29)25-24-18(28)12-14-10-15(11-14)23-20(30)33-22(2,3)4/h14-17H,5-13H2,1-4H3,(H,23,30)(H,24,28)(H,25,29)/t14?,15?,16-,17-/m0/s1. The first-order chi connectivity index (χ1) is 15.6. The van der Waals surface area contributed by atoms with E-state index in [0.29, 0.717) is 38.8 Å². The number of unbranched alkanes of at least 4 members (excludes halogenated alkanes) is 1. The highest BCUT2D eigenvalue weighted by atomic mass is 16.7. The second kappa shape index (κ2) is 10.6. The number of carbonyl (C=O) groups is 4. The van der Waals surface area contributed by atoms with E-state index in [2.05, 4.69) is 23.1 Å². The predicted octanol–water partition coefficient (Wildman–Crippen LogP) is 1.83. The van der Waals surface area contributed by atoms with Gasteiger partial charge in [0.05, 0.1) is 12.6 Å². The maximum Gasteiger partial charge on any atom is 0.407 e. The molecule has 11 nitrogen and oxygen atoms in total. The lowest BCUT2D eigenvalue weighted by atomic mass is 9.78. The van der Waals surface area contributed by atoms with Crippen LogP contribution in [-0.4, -0.2) is 70.8 Å². The molecule has 0 radical (unpaired) electrons. The van der Waals surface area contributed by atoms with Gasteiger partial charge in [-0.25, -0.2) is 9.59 Å². The van der Waals surface area contributed by atoms with Crippen LogP contribution in [0.1, 0.15) is 72.6 Å². The number of nitrogens with one attached hydrogen (secondary N) is 3. The Morgan fingerprint density at radius 1 is 1.12 bits per heavy atom. The molecule has 2 atom stereocenters. The molecule has 2 bridgehead atoms. The monoisotopic (exact) mass is 467 g/mol. The Hall–Kier alpha value is -2.56. The molecule has 33 heavy (non-hydrogen) atoms. The molecule has 2 aliphatic heterocycles. The predicted molar refractivity (Wildman–Crippen MR) is 118 cm³/mol. The molecule has 3 fully saturated rings. The largest absolute Gasteiger partial charge is 0.444 e. The molecular weight excluding hydrogens is 430 g/mol. The molecule has 0 aromatic heterocycles. The number of urea groups is 1. The summed E-state index contributed by atoms with van der Waals surface area (Å²) in [6, 6.07) is -0.960. The van der Waals surface area contributed by atoms with Crippen molar-refractivity contribution < 1.29 is 28.8 Å². The lowest BCUT2D eigenvalue weighted by Gasteiger charge is -2.36. The van der Waals surface area contributed by atoms with Gasteiger partial charge in [0.2, 0.25) is 5.91 Å². The summed E-state index contributed by atoms with van der Waals surface area (Å²) >= 11 is 0. The van der Waals surface area contributed by atoms with E-state index in [1.54, 1.807) is 20.8 Å². The van der Waals surface area contributed by atoms with Crippen LogP contribution in [0.5, 0.6) is 0 Å². The van der Waals surface area contributed by atoms with Crippen molar-refractivity contribution in [3.63, 3.8) is 0 Å². The van der Waals surface area contributed by atoms with E-state index in [1.807, 2.05) is 0 Å². The van der Waals surface area contributed by atoms with Crippen LogP contribution < -0.4 is 16.2 Å². The first-order valence-corrected chi connectivity index (χ1v) is 11.9. The molecule has 11 heteroatoms. The van der Waals surface area contributed by atoms with Crippen molar-refractivity contribution in [2.24, 2.45) is 5.92 Å². The number of rotatable bonds is 8. The van der Waals surface area contributed by atoms with Gasteiger partial charge in [0.15, 0.2) is 0 Å². The zero-order valence-electron chi connectivity index (χ0n) is 20.0. The normalized spacial score (nSPS) is 26.5. The summed E-state index contributed by atoms with van der Waals surface area (Å²) < 4.78 is 5.23. The number of ether oxygens (including phenoxy) is 1. The Labute approximate surface area is 194 Å². The average Bonchev–Trinajstić information content (AvgIpc) is 2.94. The highest BCUT2D eigenvalue weighted by Gasteiger charge is 2.48. The molecule has 0 spiro atoms. The van der Waals surface area contributed by atoms with Crippen molar-refractivity contribution in [3.8, 4) is 0 Å². The van der Waals surface area contributed by atoms with Gasteiger partial charge in [-0.15, -0.1) is 0 Å². The molecule has 1 saturated carbocycles. The minimum absolute atomic E-state index is 0.00824. The van der Waals surface area contributed by atoms with Gasteiger partial charge >= 0.3 is 12.1 Å². The number of carbonyl (C=O) groups excluding carboxylic acids is 4. The summed E-state index contributed by atoms with van der Waals surface area (Å²) in [5.41, 5.74) is 4.37. The van der Waals surface area contributed by atoms with Crippen LogP contribution in [0, 0.1) is 5.92 Å². The third-order valence-electron chi connectivity index (χ3n) is 6.11. The fourth-order valence-electron chi connectivity index (χ4n) is 4.40. The number of hydrogen-bond acceptors (Lipinski definition) is 6. The van der Waals surface area contributed by atoms with Crippen LogP contribution in [0.15, 0.2) is 0 Å². The summed E-state index contributed by atoms with van der Waals surface area (Å²) in [7, 11) is 0. The smallest absolute Gasteiger partial charge is 0.407 e. The maximum atomic E-state index is 12.6. The number of nitrogens with zero attached hydrogens (tertiary/aromatic N) is 2. The lowest BCUT2D eigenvalue weighted by Crippen LogP contribution is -2.54. The zero-order valence-corrected chi connectivity index (χ0v) is 20.0. The fourth-order valence-corrected chi connectivity index (χ4v) is 4.40. The number of hydrogen-bond donors (Lipinski definition) is 3. The summed E-state index contributed by atoms with van der Waals surface area (Å²) in [5.74, 6) is -0.565. The van der Waals surface area contributed by atoms with E-state index >= 15 is 0 Å². The van der Waals surface area contributed by atoms with Crippen molar-refractivity contribution in [1.29, 1.82) is 0 Å². The first kappa shape index (κ1) is 25.1. The van der Waals surface area contributed by atoms with Gasteiger partial charge < -0.3 is 15.0 Å². The van der Waals surface area contributed by atoms with Crippen LogP contribution >= 0.6 is 0 Å². The van der Waals surface area contributed by atoms with E-state index in [-0.39, 0.29) is 36.4 Å². The van der Waals surface area contributed by atoms with Crippen molar-refractivity contribution in [2.75, 3.05) is 13.2 Å². The van der Waals surface area contributed by atoms with Gasteiger partial charge in [-0.05, 0) is 58.8 Å². The van der Waals surface area contributed by atoms with Crippen molar-refractivity contribution in [2.45, 2.75) is 96.4 Å². The molecule has 3 N–H and O–H groups in total. The molecule has 3 aliphatic rings. The van der Waals surface area contributed by atoms with Gasteiger partial charge in [0, 0.05) is 19.0 Å². The fraction of sp³-hybridized carbons (Fsp3) is 0.818. The Kier molecular flexibility index (Phi) is 8.04. The number of fused-ring (bicyclic) bond motifs is 2. The summed E-state index contributed by atoms with van der Waals surface area (Å²) in [4.78, 5) is 56.4. The van der Waals surface area contributed by atoms with Crippen molar-refractivity contribution in [1.82, 2.24) is 26.1 Å². The highest BCUT2D eigenvalue weighted by Crippen LogP contribution is 2.31. The minimum atomic E-state index is -0.625. The number of hydroxylamine groups is 2. The van der Waals surface area contributed by atoms with Gasteiger partial charge in [-0.2, -0.15) is 5.06 Å². The molecule has 2 saturated heterocycles. The molecule has 1 aliphatic carbocycles. The Morgan fingerprint density at radius 3 is 2.52 bits per heavy atom. The van der Waals surface area contributed by atoms with Gasteiger partial charge in [-0.1, -0.05) is 13.3 Å². The molecule has 3 rings (SSSR count). The van der Waals surface area contributed by atoms with E-state index in [4.69, 9.17) is 9.57 Å². The van der Waals surface area contributed by atoms with E-state index in [1.165, 1.54) is 9.96 Å². The van der Waals surface area contributed by atoms with Crippen LogP contribution in [0.4, 0.5) is 9.59 Å². The van der Waals surface area contributed by atoms with Crippen LogP contribution in [-0.2, 0) is 19.2 Å². The number of hydrazine groups is 1. The van der Waals surface area contributed by atoms with E-state index < -0.39 is 23.6 Å². The van der Waals surface area contributed by atoms with Crippen molar-refractivity contribution >= 4 is 23.9 Å². The molecule has 0 unspecified atom stereocenters. The van der Waals surface area contributed by atoms with Crippen molar-refractivity contribution in [3.05, 3.63) is 0 Å². The Bertz CT molecular complexity index is 748. The van der Waals surface area contributed by atoms with Gasteiger partial charge in [0.1, 0.15) is 11.6 Å². The topological polar surface area (TPSA) is 129 Å². The Balaban J connectivity index is 1.35. The SMILES string of the molecule is CCCCON1C(=O)N2C[C@@H]1CC[C@H]2C(=O)NNC(=O)CC1CC(NC(=O)OC(C)(C)C)C1. The zero-order chi connectivity index (χ0) is 24.2. The Morgan fingerprint density at radius 2 is 1.85 bits per heavy atom. The average molecular weight is 468 g/mol. The van der Waals surface area contributed by atoms with E-state index in [9.17, 15) is 19.2 Å². The summed E-state index contributed by atoms with van der Waals surface area (Å²) in [6.45, 7) is 8.39. The quantitative estimate of drug-likeness (QED) is 0.369. The van der Waals surface area contributed by atoms with Gasteiger partial charge in [0.25, 0.3) is 5.91 Å². The molecular formula is C22H37N5O6. The van der Waals surface area contributed by atoms with E-state index in [0.717, 1.165) is 12.8 Å². The molecule has 2 heterocycles. The van der Waals surface area contributed by atoms with Crippen LogP contribution in [0.3, 0.4) is 0 Å². The molecule has 0 aromatic rings. The molecule has 0 aromatic carbocycles. The second-order valence-corrected chi connectivity index (χ2v) is 10.1. The third-order valence-corrected chi connectivity index (χ3v) is 6.11. The van der Waals surface area contributed by atoms with Crippen LogP contribution in [0.25, 0.3) is 0 Å². The summed E-state index contributed by atoms with van der Waals surface area (Å²) in [6.07, 6.45) is 4.20. The number of amides is 5. The summed E-state index contributed by atoms with van der Waals surface area (Å²) in [5, 5.41) is 4.20. The van der Waals surface area contributed by atoms with Crippen LogP contribution in [0.2, 0.25) is 0 Å².